The number of anilines is 2. The van der Waals surface area contributed by atoms with Crippen LogP contribution in [-0.4, -0.2) is 19.1 Å². The van der Waals surface area contributed by atoms with Gasteiger partial charge in [-0.25, -0.2) is 4.39 Å². The highest BCUT2D eigenvalue weighted by atomic mass is 79.9. The van der Waals surface area contributed by atoms with Crippen LogP contribution in [0.5, 0.6) is 0 Å². The minimum absolute atomic E-state index is 0.193. The van der Waals surface area contributed by atoms with Crippen molar-refractivity contribution in [1.29, 1.82) is 0 Å². The number of nitrogens with one attached hydrogen (secondary N) is 1. The molecule has 0 aromatic heterocycles. The van der Waals surface area contributed by atoms with Crippen LogP contribution in [0.15, 0.2) is 16.6 Å². The third-order valence-electron chi connectivity index (χ3n) is 3.50. The van der Waals surface area contributed by atoms with Crippen LogP contribution in [-0.2, 0) is 0 Å². The summed E-state index contributed by atoms with van der Waals surface area (Å²) < 4.78 is 14.0. The molecule has 0 bridgehead atoms. The monoisotopic (exact) mass is 284 g/mol. The van der Waals surface area contributed by atoms with Crippen LogP contribution in [0.3, 0.4) is 0 Å². The van der Waals surface area contributed by atoms with Crippen molar-refractivity contribution in [2.75, 3.05) is 23.3 Å². The van der Waals surface area contributed by atoms with E-state index in [2.05, 4.69) is 26.1 Å². The Morgan fingerprint density at radius 1 is 1.38 bits per heavy atom. The van der Waals surface area contributed by atoms with E-state index in [9.17, 15) is 4.39 Å². The van der Waals surface area contributed by atoms with Crippen LogP contribution in [0.25, 0.3) is 0 Å². The molecular formula is C12H14BrFN2. The van der Waals surface area contributed by atoms with Gasteiger partial charge in [-0.1, -0.05) is 0 Å². The Bertz CT molecular complexity index is 422. The first-order chi connectivity index (χ1) is 7.75. The molecule has 0 amide bonds. The van der Waals surface area contributed by atoms with Crippen LogP contribution in [0.2, 0.25) is 0 Å². The highest BCUT2D eigenvalue weighted by Gasteiger charge is 2.28. The van der Waals surface area contributed by atoms with Crippen molar-refractivity contribution in [3.05, 3.63) is 22.4 Å². The molecule has 1 fully saturated rings. The topological polar surface area (TPSA) is 15.3 Å². The summed E-state index contributed by atoms with van der Waals surface area (Å²) in [6.07, 6.45) is 3.78. The van der Waals surface area contributed by atoms with Gasteiger partial charge >= 0.3 is 0 Å². The molecule has 0 radical (unpaired) electrons. The molecule has 2 nitrogen and oxygen atoms in total. The highest BCUT2D eigenvalue weighted by molar-refractivity contribution is 9.10. The van der Waals surface area contributed by atoms with Crippen molar-refractivity contribution in [1.82, 2.24) is 0 Å². The lowest BCUT2D eigenvalue weighted by Gasteiger charge is -2.42. The summed E-state index contributed by atoms with van der Waals surface area (Å²) in [5.41, 5.74) is 2.07. The van der Waals surface area contributed by atoms with Crippen LogP contribution in [0, 0.1) is 5.82 Å². The standard InChI is InChI=1S/C12H14BrFN2/c13-9-5-12-11(6-10(9)14)15-7-8-3-1-2-4-16(8)12/h5-6,8,15H,1-4,7H2. The first-order valence-electron chi connectivity index (χ1n) is 5.75. The predicted molar refractivity (Wildman–Crippen MR) is 67.6 cm³/mol. The van der Waals surface area contributed by atoms with Gasteiger partial charge in [-0.3, -0.25) is 0 Å². The quantitative estimate of drug-likeness (QED) is 0.786. The Hall–Kier alpha value is -0.770. The maximum Gasteiger partial charge on any atom is 0.139 e. The van der Waals surface area contributed by atoms with Gasteiger partial charge in [0, 0.05) is 25.2 Å². The fourth-order valence-electron chi connectivity index (χ4n) is 2.67. The van der Waals surface area contributed by atoms with Crippen molar-refractivity contribution >= 4 is 27.3 Å². The Kier molecular flexibility index (Phi) is 2.54. The van der Waals surface area contributed by atoms with Crippen molar-refractivity contribution in [2.45, 2.75) is 25.3 Å². The second-order valence-corrected chi connectivity index (χ2v) is 5.36. The molecule has 3 rings (SSSR count). The summed E-state index contributed by atoms with van der Waals surface area (Å²) in [6.45, 7) is 2.03. The number of fused-ring (bicyclic) bond motifs is 3. The lowest BCUT2D eigenvalue weighted by Crippen LogP contribution is -2.47. The molecule has 16 heavy (non-hydrogen) atoms. The summed E-state index contributed by atoms with van der Waals surface area (Å²) in [6, 6.07) is 4.07. The van der Waals surface area contributed by atoms with Crippen molar-refractivity contribution < 1.29 is 4.39 Å². The Balaban J connectivity index is 2.04. The van der Waals surface area contributed by atoms with Gasteiger partial charge in [0.2, 0.25) is 0 Å². The van der Waals surface area contributed by atoms with Crippen molar-refractivity contribution in [2.24, 2.45) is 0 Å². The van der Waals surface area contributed by atoms with Gasteiger partial charge < -0.3 is 10.2 Å². The molecule has 0 saturated carbocycles. The van der Waals surface area contributed by atoms with Crippen molar-refractivity contribution in [3.63, 3.8) is 0 Å². The first kappa shape index (κ1) is 10.4. The molecule has 2 heterocycles. The average molecular weight is 285 g/mol. The molecule has 1 aromatic carbocycles. The lowest BCUT2D eigenvalue weighted by atomic mass is 9.98. The molecule has 2 aliphatic heterocycles. The summed E-state index contributed by atoms with van der Waals surface area (Å²) in [5, 5.41) is 3.33. The highest BCUT2D eigenvalue weighted by Crippen LogP contribution is 2.38. The Morgan fingerprint density at radius 2 is 2.25 bits per heavy atom. The van der Waals surface area contributed by atoms with Gasteiger partial charge in [0.1, 0.15) is 5.82 Å². The third kappa shape index (κ3) is 1.59. The zero-order chi connectivity index (χ0) is 11.1. The molecule has 1 aromatic rings. The van der Waals surface area contributed by atoms with E-state index in [0.29, 0.717) is 10.5 Å². The number of rotatable bonds is 0. The first-order valence-corrected chi connectivity index (χ1v) is 6.54. The Morgan fingerprint density at radius 3 is 3.12 bits per heavy atom. The zero-order valence-electron chi connectivity index (χ0n) is 8.97. The Labute approximate surface area is 103 Å². The van der Waals surface area contributed by atoms with E-state index in [-0.39, 0.29) is 5.82 Å². The maximum atomic E-state index is 13.4. The molecule has 86 valence electrons. The minimum Gasteiger partial charge on any atom is -0.381 e. The fraction of sp³-hybridized carbons (Fsp3) is 0.500. The van der Waals surface area contributed by atoms with Gasteiger partial charge in [-0.2, -0.15) is 0 Å². The van der Waals surface area contributed by atoms with E-state index in [4.69, 9.17) is 0 Å². The minimum atomic E-state index is -0.193. The van der Waals surface area contributed by atoms with Crippen LogP contribution in [0.1, 0.15) is 19.3 Å². The molecule has 1 N–H and O–H groups in total. The van der Waals surface area contributed by atoms with Crippen molar-refractivity contribution in [3.8, 4) is 0 Å². The van der Waals surface area contributed by atoms with E-state index >= 15 is 0 Å². The summed E-state index contributed by atoms with van der Waals surface area (Å²) in [5.74, 6) is -0.193. The predicted octanol–water partition coefficient (Wildman–Crippen LogP) is 3.37. The van der Waals surface area contributed by atoms with Gasteiger partial charge in [0.25, 0.3) is 0 Å². The molecule has 4 heteroatoms. The number of piperidine rings is 1. The molecule has 2 aliphatic rings. The number of hydrogen-bond donors (Lipinski definition) is 1. The number of halogens is 2. The summed E-state index contributed by atoms with van der Waals surface area (Å²) >= 11 is 3.26. The molecule has 1 unspecified atom stereocenters. The molecular weight excluding hydrogens is 271 g/mol. The summed E-state index contributed by atoms with van der Waals surface area (Å²) in [7, 11) is 0. The van der Waals surface area contributed by atoms with Crippen LogP contribution >= 0.6 is 15.9 Å². The smallest absolute Gasteiger partial charge is 0.139 e. The lowest BCUT2D eigenvalue weighted by molar-refractivity contribution is 0.465. The van der Waals surface area contributed by atoms with Gasteiger partial charge in [-0.05, 0) is 41.3 Å². The third-order valence-corrected chi connectivity index (χ3v) is 4.11. The van der Waals surface area contributed by atoms with E-state index in [1.807, 2.05) is 6.07 Å². The average Bonchev–Trinajstić information content (AvgIpc) is 2.31. The van der Waals surface area contributed by atoms with Gasteiger partial charge in [0.05, 0.1) is 15.8 Å². The zero-order valence-corrected chi connectivity index (χ0v) is 10.6. The SMILES string of the molecule is Fc1cc2c(cc1Br)N1CCCCC1CN2. The van der Waals surface area contributed by atoms with Gasteiger partial charge in [-0.15, -0.1) is 0 Å². The second kappa shape index (κ2) is 3.91. The van der Waals surface area contributed by atoms with Gasteiger partial charge in [0.15, 0.2) is 0 Å². The van der Waals surface area contributed by atoms with Crippen LogP contribution < -0.4 is 10.2 Å². The number of hydrogen-bond acceptors (Lipinski definition) is 2. The number of benzene rings is 1. The molecule has 1 atom stereocenters. The second-order valence-electron chi connectivity index (χ2n) is 4.51. The molecule has 0 aliphatic carbocycles. The largest absolute Gasteiger partial charge is 0.381 e. The van der Waals surface area contributed by atoms with Crippen LogP contribution in [0.4, 0.5) is 15.8 Å². The maximum absolute atomic E-state index is 13.4. The summed E-state index contributed by atoms with van der Waals surface area (Å²) in [4.78, 5) is 2.42. The number of nitrogens with zero attached hydrogens (tertiary/aromatic N) is 1. The fourth-order valence-corrected chi connectivity index (χ4v) is 3.00. The van der Waals surface area contributed by atoms with E-state index < -0.39 is 0 Å². The van der Waals surface area contributed by atoms with E-state index in [1.165, 1.54) is 19.3 Å². The van der Waals surface area contributed by atoms with E-state index in [0.717, 1.165) is 24.5 Å². The molecule has 0 spiro atoms. The normalized spacial score (nSPS) is 23.4. The molecule has 1 saturated heterocycles. The van der Waals surface area contributed by atoms with E-state index in [1.54, 1.807) is 6.07 Å².